The van der Waals surface area contributed by atoms with E-state index in [0.29, 0.717) is 24.7 Å². The van der Waals surface area contributed by atoms with E-state index >= 15 is 0 Å². The maximum absolute atomic E-state index is 13.3. The molecule has 2 heterocycles. The third-order valence-electron chi connectivity index (χ3n) is 4.96. The molecule has 5 nitrogen and oxygen atoms in total. The van der Waals surface area contributed by atoms with E-state index in [1.807, 2.05) is 28.5 Å². The zero-order valence-electron chi connectivity index (χ0n) is 14.6. The van der Waals surface area contributed by atoms with E-state index < -0.39 is 0 Å². The van der Waals surface area contributed by atoms with E-state index in [4.69, 9.17) is 0 Å². The van der Waals surface area contributed by atoms with Gasteiger partial charge in [-0.05, 0) is 49.5 Å². The van der Waals surface area contributed by atoms with Gasteiger partial charge in [-0.1, -0.05) is 12.6 Å². The number of nitrogens with zero attached hydrogens (tertiary/aromatic N) is 3. The molecule has 2 aliphatic rings. The standard InChI is InChI=1S/C20H21N3O2S/c1-2-19(24)22-11-4-6-15-16(5-3-7-17(15)22)20(25)23(14-8-9-14)13-18-21-10-12-26-18/h2-3,5,7,10,12,14H,1,4,6,8-9,11,13H2. The van der Waals surface area contributed by atoms with Crippen LogP contribution in [0.1, 0.15) is 40.2 Å². The Labute approximate surface area is 157 Å². The molecule has 1 aliphatic carbocycles. The Morgan fingerprint density at radius 3 is 2.92 bits per heavy atom. The molecule has 6 heteroatoms. The van der Waals surface area contributed by atoms with Crippen LogP contribution in [0.2, 0.25) is 0 Å². The van der Waals surface area contributed by atoms with E-state index in [9.17, 15) is 9.59 Å². The largest absolute Gasteiger partial charge is 0.329 e. The number of amides is 2. The van der Waals surface area contributed by atoms with Crippen molar-refractivity contribution in [2.45, 2.75) is 38.3 Å². The lowest BCUT2D eigenvalue weighted by Gasteiger charge is -2.31. The van der Waals surface area contributed by atoms with Crippen LogP contribution in [0.3, 0.4) is 0 Å². The Balaban J connectivity index is 1.67. The minimum absolute atomic E-state index is 0.0486. The van der Waals surface area contributed by atoms with Crippen molar-refractivity contribution in [3.63, 3.8) is 0 Å². The van der Waals surface area contributed by atoms with E-state index in [1.54, 1.807) is 22.4 Å². The van der Waals surface area contributed by atoms with Gasteiger partial charge in [0.1, 0.15) is 5.01 Å². The molecular formula is C20H21N3O2S. The van der Waals surface area contributed by atoms with Crippen LogP contribution in [-0.4, -0.2) is 34.3 Å². The summed E-state index contributed by atoms with van der Waals surface area (Å²) in [5.74, 6) is -0.0650. The average Bonchev–Trinajstić information content (AvgIpc) is 3.39. The van der Waals surface area contributed by atoms with Crippen LogP contribution in [0.25, 0.3) is 0 Å². The summed E-state index contributed by atoms with van der Waals surface area (Å²) in [7, 11) is 0. The first-order valence-electron chi connectivity index (χ1n) is 8.94. The van der Waals surface area contributed by atoms with Gasteiger partial charge in [0, 0.05) is 35.4 Å². The van der Waals surface area contributed by atoms with Crippen molar-refractivity contribution in [2.75, 3.05) is 11.4 Å². The lowest BCUT2D eigenvalue weighted by Crippen LogP contribution is -2.37. The summed E-state index contributed by atoms with van der Waals surface area (Å²) in [6, 6.07) is 5.99. The number of hydrogen-bond donors (Lipinski definition) is 0. The van der Waals surface area contributed by atoms with E-state index in [2.05, 4.69) is 11.6 Å². The summed E-state index contributed by atoms with van der Waals surface area (Å²) in [6.45, 7) is 4.82. The fraction of sp³-hybridized carbons (Fsp3) is 0.350. The monoisotopic (exact) mass is 367 g/mol. The van der Waals surface area contributed by atoms with Crippen molar-refractivity contribution in [3.8, 4) is 0 Å². The topological polar surface area (TPSA) is 53.5 Å². The maximum atomic E-state index is 13.3. The Morgan fingerprint density at radius 1 is 1.38 bits per heavy atom. The van der Waals surface area contributed by atoms with Crippen molar-refractivity contribution < 1.29 is 9.59 Å². The molecule has 0 unspecified atom stereocenters. The van der Waals surface area contributed by atoms with Crippen LogP contribution < -0.4 is 4.90 Å². The number of carbonyl (C=O) groups excluding carboxylic acids is 2. The molecule has 0 bridgehead atoms. The number of aromatic nitrogens is 1. The van der Waals surface area contributed by atoms with E-state index in [-0.39, 0.29) is 11.8 Å². The molecule has 0 spiro atoms. The Kier molecular flexibility index (Phi) is 4.59. The number of rotatable bonds is 5. The summed E-state index contributed by atoms with van der Waals surface area (Å²) < 4.78 is 0. The van der Waals surface area contributed by atoms with E-state index in [1.165, 1.54) is 6.08 Å². The number of carbonyl (C=O) groups is 2. The average molecular weight is 367 g/mol. The van der Waals surface area contributed by atoms with Gasteiger partial charge in [-0.25, -0.2) is 4.98 Å². The quantitative estimate of drug-likeness (QED) is 0.761. The highest BCUT2D eigenvalue weighted by atomic mass is 32.1. The summed E-state index contributed by atoms with van der Waals surface area (Å²) >= 11 is 1.58. The highest BCUT2D eigenvalue weighted by molar-refractivity contribution is 7.09. The van der Waals surface area contributed by atoms with Crippen molar-refractivity contribution in [3.05, 3.63) is 58.6 Å². The molecule has 0 saturated heterocycles. The van der Waals surface area contributed by atoms with Gasteiger partial charge in [0.25, 0.3) is 5.91 Å². The molecule has 1 aliphatic heterocycles. The maximum Gasteiger partial charge on any atom is 0.254 e. The molecule has 1 aromatic heterocycles. The highest BCUT2D eigenvalue weighted by Gasteiger charge is 2.35. The Morgan fingerprint density at radius 2 is 2.23 bits per heavy atom. The van der Waals surface area contributed by atoms with Crippen LogP contribution in [0, 0.1) is 0 Å². The van der Waals surface area contributed by atoms with E-state index in [0.717, 1.165) is 41.9 Å². The summed E-state index contributed by atoms with van der Waals surface area (Å²) in [5.41, 5.74) is 2.54. The zero-order valence-corrected chi connectivity index (χ0v) is 15.4. The zero-order chi connectivity index (χ0) is 18.1. The molecule has 0 N–H and O–H groups in total. The Bertz CT molecular complexity index is 843. The van der Waals surface area contributed by atoms with Gasteiger partial charge in [0.05, 0.1) is 6.54 Å². The van der Waals surface area contributed by atoms with Gasteiger partial charge < -0.3 is 9.80 Å². The van der Waals surface area contributed by atoms with Gasteiger partial charge in [-0.15, -0.1) is 11.3 Å². The fourth-order valence-electron chi connectivity index (χ4n) is 3.55. The molecule has 1 fully saturated rings. The summed E-state index contributed by atoms with van der Waals surface area (Å²) in [5, 5.41) is 2.90. The normalized spacial score (nSPS) is 16.1. The molecule has 2 amide bonds. The SMILES string of the molecule is C=CC(=O)N1CCCc2c(C(=O)N(Cc3nccs3)C3CC3)cccc21. The van der Waals surface area contributed by atoms with Gasteiger partial charge >= 0.3 is 0 Å². The minimum Gasteiger partial charge on any atom is -0.329 e. The lowest BCUT2D eigenvalue weighted by atomic mass is 9.95. The molecule has 134 valence electrons. The molecule has 0 radical (unpaired) electrons. The van der Waals surface area contributed by atoms with Gasteiger partial charge in [-0.3, -0.25) is 9.59 Å². The first-order valence-corrected chi connectivity index (χ1v) is 9.82. The molecule has 2 aromatic rings. The molecule has 1 saturated carbocycles. The second-order valence-electron chi connectivity index (χ2n) is 6.69. The summed E-state index contributed by atoms with van der Waals surface area (Å²) in [4.78, 5) is 33.5. The predicted octanol–water partition coefficient (Wildman–Crippen LogP) is 3.41. The van der Waals surface area contributed by atoms with Crippen molar-refractivity contribution in [1.82, 2.24) is 9.88 Å². The van der Waals surface area contributed by atoms with Crippen LogP contribution in [0.5, 0.6) is 0 Å². The number of thiazole rings is 1. The first kappa shape index (κ1) is 17.0. The van der Waals surface area contributed by atoms with Gasteiger partial charge in [0.15, 0.2) is 0 Å². The minimum atomic E-state index is -0.114. The van der Waals surface area contributed by atoms with Gasteiger partial charge in [0.2, 0.25) is 5.91 Å². The van der Waals surface area contributed by atoms with Gasteiger partial charge in [-0.2, -0.15) is 0 Å². The van der Waals surface area contributed by atoms with Crippen LogP contribution in [0.15, 0.2) is 42.4 Å². The van der Waals surface area contributed by atoms with Crippen LogP contribution in [0.4, 0.5) is 5.69 Å². The summed E-state index contributed by atoms with van der Waals surface area (Å²) in [6.07, 6.45) is 6.88. The van der Waals surface area contributed by atoms with Crippen molar-refractivity contribution >= 4 is 28.8 Å². The Hall–Kier alpha value is -2.47. The fourth-order valence-corrected chi connectivity index (χ4v) is 4.16. The van der Waals surface area contributed by atoms with Crippen molar-refractivity contribution in [2.24, 2.45) is 0 Å². The molecule has 0 atom stereocenters. The molecule has 26 heavy (non-hydrogen) atoms. The number of fused-ring (bicyclic) bond motifs is 1. The third kappa shape index (κ3) is 3.17. The lowest BCUT2D eigenvalue weighted by molar-refractivity contribution is -0.114. The molecular weight excluding hydrogens is 346 g/mol. The van der Waals surface area contributed by atoms with Crippen LogP contribution in [-0.2, 0) is 17.8 Å². The van der Waals surface area contributed by atoms with Crippen molar-refractivity contribution in [1.29, 1.82) is 0 Å². The molecule has 4 rings (SSSR count). The van der Waals surface area contributed by atoms with Crippen LogP contribution >= 0.6 is 11.3 Å². The predicted molar refractivity (Wildman–Crippen MR) is 102 cm³/mol. The number of benzene rings is 1. The second-order valence-corrected chi connectivity index (χ2v) is 7.67. The smallest absolute Gasteiger partial charge is 0.254 e. The molecule has 1 aromatic carbocycles. The number of anilines is 1. The third-order valence-corrected chi connectivity index (χ3v) is 5.72. The highest BCUT2D eigenvalue weighted by Crippen LogP contribution is 2.34. The second kappa shape index (κ2) is 7.03. The number of hydrogen-bond acceptors (Lipinski definition) is 4. The first-order chi connectivity index (χ1) is 12.7.